The minimum atomic E-state index is -0.244. The molecule has 5 nitrogen and oxygen atoms in total. The van der Waals surface area contributed by atoms with Crippen molar-refractivity contribution in [1.82, 2.24) is 4.98 Å². The highest BCUT2D eigenvalue weighted by molar-refractivity contribution is 5.78. The summed E-state index contributed by atoms with van der Waals surface area (Å²) in [6, 6.07) is 5.82. The Morgan fingerprint density at radius 3 is 2.94 bits per heavy atom. The number of nitrogen functional groups attached to an aromatic ring is 1. The summed E-state index contributed by atoms with van der Waals surface area (Å²) in [4.78, 5) is 4.32. The number of nitrogens with one attached hydrogen (secondary N) is 1. The zero-order valence-corrected chi connectivity index (χ0v) is 9.44. The SMILES string of the molecule is Nc1ccc2nc(NC3(CO)CCC3)oc2c1. The highest BCUT2D eigenvalue weighted by Gasteiger charge is 2.37. The van der Waals surface area contributed by atoms with Crippen molar-refractivity contribution < 1.29 is 9.52 Å². The lowest BCUT2D eigenvalue weighted by Gasteiger charge is -2.40. The van der Waals surface area contributed by atoms with Crippen LogP contribution in [0.3, 0.4) is 0 Å². The van der Waals surface area contributed by atoms with E-state index < -0.39 is 0 Å². The maximum atomic E-state index is 9.36. The second kappa shape index (κ2) is 3.63. The fraction of sp³-hybridized carbons (Fsp3) is 0.417. The van der Waals surface area contributed by atoms with Crippen LogP contribution < -0.4 is 11.1 Å². The first-order valence-corrected chi connectivity index (χ1v) is 5.76. The second-order valence-corrected chi connectivity index (χ2v) is 4.66. The zero-order chi connectivity index (χ0) is 11.9. The third-order valence-corrected chi connectivity index (χ3v) is 3.40. The summed E-state index contributed by atoms with van der Waals surface area (Å²) in [6.07, 6.45) is 3.02. The molecule has 1 aromatic heterocycles. The number of rotatable bonds is 3. The van der Waals surface area contributed by atoms with Gasteiger partial charge < -0.3 is 20.6 Å². The Labute approximate surface area is 98.6 Å². The van der Waals surface area contributed by atoms with Gasteiger partial charge in [-0.15, -0.1) is 0 Å². The van der Waals surface area contributed by atoms with Crippen LogP contribution in [0, 0.1) is 0 Å². The van der Waals surface area contributed by atoms with E-state index in [1.54, 1.807) is 12.1 Å². The van der Waals surface area contributed by atoms with Gasteiger partial charge in [0.15, 0.2) is 5.58 Å². The van der Waals surface area contributed by atoms with E-state index in [0.29, 0.717) is 17.3 Å². The number of benzene rings is 1. The highest BCUT2D eigenvalue weighted by Crippen LogP contribution is 2.35. The average Bonchev–Trinajstić information content (AvgIpc) is 2.65. The molecular weight excluding hydrogens is 218 g/mol. The molecular formula is C12H15N3O2. The number of hydrogen-bond donors (Lipinski definition) is 3. The molecule has 0 saturated heterocycles. The lowest BCUT2D eigenvalue weighted by atomic mass is 9.77. The number of anilines is 2. The van der Waals surface area contributed by atoms with Gasteiger partial charge in [0.2, 0.25) is 0 Å². The minimum absolute atomic E-state index is 0.105. The molecule has 0 bridgehead atoms. The predicted octanol–water partition coefficient (Wildman–Crippen LogP) is 1.74. The van der Waals surface area contributed by atoms with Crippen molar-refractivity contribution in [3.05, 3.63) is 18.2 Å². The van der Waals surface area contributed by atoms with E-state index in [4.69, 9.17) is 10.2 Å². The molecule has 0 unspecified atom stereocenters. The maximum Gasteiger partial charge on any atom is 0.296 e. The van der Waals surface area contributed by atoms with Gasteiger partial charge in [-0.3, -0.25) is 0 Å². The molecule has 1 heterocycles. The molecule has 1 aromatic carbocycles. The molecule has 1 aliphatic rings. The molecule has 90 valence electrons. The molecule has 17 heavy (non-hydrogen) atoms. The van der Waals surface area contributed by atoms with Crippen molar-refractivity contribution in [2.45, 2.75) is 24.8 Å². The van der Waals surface area contributed by atoms with Gasteiger partial charge in [0.05, 0.1) is 12.1 Å². The van der Waals surface area contributed by atoms with Gasteiger partial charge in [-0.2, -0.15) is 4.98 Å². The van der Waals surface area contributed by atoms with Crippen LogP contribution in [0.2, 0.25) is 0 Å². The number of oxazole rings is 1. The van der Waals surface area contributed by atoms with Crippen LogP contribution in [0.4, 0.5) is 11.7 Å². The topological polar surface area (TPSA) is 84.3 Å². The largest absolute Gasteiger partial charge is 0.423 e. The van der Waals surface area contributed by atoms with Crippen LogP contribution in [0.15, 0.2) is 22.6 Å². The number of fused-ring (bicyclic) bond motifs is 1. The number of hydrogen-bond acceptors (Lipinski definition) is 5. The normalized spacial score (nSPS) is 17.9. The van der Waals surface area contributed by atoms with Gasteiger partial charge in [0, 0.05) is 11.8 Å². The van der Waals surface area contributed by atoms with Gasteiger partial charge >= 0.3 is 0 Å². The quantitative estimate of drug-likeness (QED) is 0.703. The molecule has 1 fully saturated rings. The van der Waals surface area contributed by atoms with Gasteiger partial charge in [-0.1, -0.05) is 0 Å². The number of aromatic nitrogens is 1. The predicted molar refractivity (Wildman–Crippen MR) is 65.7 cm³/mol. The highest BCUT2D eigenvalue weighted by atomic mass is 16.4. The van der Waals surface area contributed by atoms with Crippen LogP contribution in [0.25, 0.3) is 11.1 Å². The molecule has 0 spiro atoms. The van der Waals surface area contributed by atoms with Crippen LogP contribution in [0.1, 0.15) is 19.3 Å². The third kappa shape index (κ3) is 1.72. The van der Waals surface area contributed by atoms with Crippen LogP contribution in [-0.4, -0.2) is 22.2 Å². The van der Waals surface area contributed by atoms with Crippen LogP contribution >= 0.6 is 0 Å². The van der Waals surface area contributed by atoms with Crippen molar-refractivity contribution >= 4 is 22.8 Å². The molecule has 2 aromatic rings. The zero-order valence-electron chi connectivity index (χ0n) is 9.44. The van der Waals surface area contributed by atoms with Gasteiger partial charge in [0.1, 0.15) is 5.52 Å². The standard InChI is InChI=1S/C12H15N3O2/c13-8-2-3-9-10(6-8)17-11(14-9)15-12(7-16)4-1-5-12/h2-3,6,16H,1,4-5,7,13H2,(H,14,15). The van der Waals surface area contributed by atoms with Crippen molar-refractivity contribution in [2.24, 2.45) is 0 Å². The summed E-state index contributed by atoms with van der Waals surface area (Å²) < 4.78 is 5.57. The number of nitrogens with zero attached hydrogens (tertiary/aromatic N) is 1. The summed E-state index contributed by atoms with van der Waals surface area (Å²) in [5.41, 5.74) is 7.52. The lowest BCUT2D eigenvalue weighted by Crippen LogP contribution is -2.48. The minimum Gasteiger partial charge on any atom is -0.423 e. The van der Waals surface area contributed by atoms with Crippen molar-refractivity contribution in [3.63, 3.8) is 0 Å². The fourth-order valence-electron chi connectivity index (χ4n) is 2.15. The second-order valence-electron chi connectivity index (χ2n) is 4.66. The number of nitrogens with two attached hydrogens (primary N) is 1. The molecule has 0 radical (unpaired) electrons. The van der Waals surface area contributed by atoms with E-state index in [-0.39, 0.29) is 12.1 Å². The first-order chi connectivity index (χ1) is 8.21. The fourth-order valence-corrected chi connectivity index (χ4v) is 2.15. The monoisotopic (exact) mass is 233 g/mol. The Hall–Kier alpha value is -1.75. The summed E-state index contributed by atoms with van der Waals surface area (Å²) in [5.74, 6) is 0. The summed E-state index contributed by atoms with van der Waals surface area (Å²) in [5, 5.41) is 12.5. The molecule has 4 N–H and O–H groups in total. The summed E-state index contributed by atoms with van der Waals surface area (Å²) in [7, 11) is 0. The van der Waals surface area contributed by atoms with E-state index in [1.807, 2.05) is 6.07 Å². The van der Waals surface area contributed by atoms with Crippen molar-refractivity contribution in [3.8, 4) is 0 Å². The molecule has 0 atom stereocenters. The van der Waals surface area contributed by atoms with E-state index in [9.17, 15) is 5.11 Å². The molecule has 3 rings (SSSR count). The number of aliphatic hydroxyl groups excluding tert-OH is 1. The van der Waals surface area contributed by atoms with E-state index in [0.717, 1.165) is 24.8 Å². The van der Waals surface area contributed by atoms with Gasteiger partial charge in [-0.25, -0.2) is 0 Å². The van der Waals surface area contributed by atoms with E-state index in [2.05, 4.69) is 10.3 Å². The Morgan fingerprint density at radius 2 is 2.29 bits per heavy atom. The first kappa shape index (κ1) is 10.4. The number of aliphatic hydroxyl groups is 1. The smallest absolute Gasteiger partial charge is 0.296 e. The Kier molecular flexibility index (Phi) is 2.22. The van der Waals surface area contributed by atoms with E-state index >= 15 is 0 Å². The maximum absolute atomic E-state index is 9.36. The molecule has 1 saturated carbocycles. The van der Waals surface area contributed by atoms with Gasteiger partial charge in [0.25, 0.3) is 6.01 Å². The van der Waals surface area contributed by atoms with Crippen LogP contribution in [-0.2, 0) is 0 Å². The van der Waals surface area contributed by atoms with E-state index in [1.165, 1.54) is 0 Å². The van der Waals surface area contributed by atoms with Crippen LogP contribution in [0.5, 0.6) is 0 Å². The molecule has 0 aliphatic heterocycles. The Bertz CT molecular complexity index is 540. The summed E-state index contributed by atoms with van der Waals surface area (Å²) in [6.45, 7) is 0.105. The molecule has 0 amide bonds. The molecule has 5 heteroatoms. The Balaban J connectivity index is 1.90. The molecule has 1 aliphatic carbocycles. The Morgan fingerprint density at radius 1 is 1.47 bits per heavy atom. The summed E-state index contributed by atoms with van der Waals surface area (Å²) >= 11 is 0. The average molecular weight is 233 g/mol. The first-order valence-electron chi connectivity index (χ1n) is 5.76. The lowest BCUT2D eigenvalue weighted by molar-refractivity contribution is 0.141. The van der Waals surface area contributed by atoms with Crippen molar-refractivity contribution in [1.29, 1.82) is 0 Å². The third-order valence-electron chi connectivity index (χ3n) is 3.40. The van der Waals surface area contributed by atoms with Crippen molar-refractivity contribution in [2.75, 3.05) is 17.7 Å². The van der Waals surface area contributed by atoms with Gasteiger partial charge in [-0.05, 0) is 31.4 Å².